The zero-order chi connectivity index (χ0) is 15.5. The fourth-order valence-electron chi connectivity index (χ4n) is 2.75. The molecular weight excluding hydrogens is 268 g/mol. The fraction of sp³-hybridized carbons (Fsp3) is 0.625. The average molecular weight is 294 g/mol. The third-order valence-electron chi connectivity index (χ3n) is 4.32. The zero-order valence-electron chi connectivity index (χ0n) is 13.4. The summed E-state index contributed by atoms with van der Waals surface area (Å²) in [6.07, 6.45) is 0. The summed E-state index contributed by atoms with van der Waals surface area (Å²) >= 11 is 0. The molecule has 1 heterocycles. The van der Waals surface area contributed by atoms with Gasteiger partial charge in [0.05, 0.1) is 27.4 Å². The summed E-state index contributed by atoms with van der Waals surface area (Å²) in [6.45, 7) is 7.68. The van der Waals surface area contributed by atoms with Crippen LogP contribution in [0, 0.1) is 0 Å². The standard InChI is InChI=1S/C16H26N2O3/c1-16(2,18-5-7-21-8-6-18)15(17)12-9-13(19-3)11-14(10-12)20-4/h9-11,15H,5-8,17H2,1-4H3. The molecule has 5 nitrogen and oxygen atoms in total. The van der Waals surface area contributed by atoms with Gasteiger partial charge in [0.2, 0.25) is 0 Å². The van der Waals surface area contributed by atoms with Crippen molar-refractivity contribution in [3.8, 4) is 11.5 Å². The summed E-state index contributed by atoms with van der Waals surface area (Å²) in [4.78, 5) is 2.38. The fourth-order valence-corrected chi connectivity index (χ4v) is 2.75. The summed E-state index contributed by atoms with van der Waals surface area (Å²) in [5, 5.41) is 0. The number of nitrogens with two attached hydrogens (primary N) is 1. The molecule has 0 aliphatic carbocycles. The molecule has 1 aromatic rings. The van der Waals surface area contributed by atoms with Crippen molar-refractivity contribution < 1.29 is 14.2 Å². The van der Waals surface area contributed by atoms with Crippen molar-refractivity contribution in [2.45, 2.75) is 25.4 Å². The zero-order valence-corrected chi connectivity index (χ0v) is 13.4. The molecule has 1 aliphatic rings. The molecule has 1 fully saturated rings. The Labute approximate surface area is 127 Å². The van der Waals surface area contributed by atoms with Crippen LogP contribution >= 0.6 is 0 Å². The van der Waals surface area contributed by atoms with Crippen LogP contribution in [-0.4, -0.2) is 51.0 Å². The Balaban J connectivity index is 2.26. The van der Waals surface area contributed by atoms with Crippen LogP contribution < -0.4 is 15.2 Å². The third-order valence-corrected chi connectivity index (χ3v) is 4.32. The van der Waals surface area contributed by atoms with Crippen LogP contribution in [0.25, 0.3) is 0 Å². The number of hydrogen-bond donors (Lipinski definition) is 1. The predicted molar refractivity (Wildman–Crippen MR) is 82.9 cm³/mol. The number of ether oxygens (including phenoxy) is 3. The van der Waals surface area contributed by atoms with Crippen molar-refractivity contribution in [2.24, 2.45) is 5.73 Å². The lowest BCUT2D eigenvalue weighted by atomic mass is 9.87. The lowest BCUT2D eigenvalue weighted by molar-refractivity contribution is -0.0190. The van der Waals surface area contributed by atoms with E-state index in [1.165, 1.54) is 0 Å². The third kappa shape index (κ3) is 3.48. The quantitative estimate of drug-likeness (QED) is 0.897. The molecule has 118 valence electrons. The monoisotopic (exact) mass is 294 g/mol. The van der Waals surface area contributed by atoms with Gasteiger partial charge in [0.15, 0.2) is 0 Å². The van der Waals surface area contributed by atoms with Crippen molar-refractivity contribution >= 4 is 0 Å². The first kappa shape index (κ1) is 16.1. The van der Waals surface area contributed by atoms with Crippen LogP contribution in [0.3, 0.4) is 0 Å². The summed E-state index contributed by atoms with van der Waals surface area (Å²) in [7, 11) is 3.30. The van der Waals surface area contributed by atoms with Crippen LogP contribution in [0.15, 0.2) is 18.2 Å². The first-order chi connectivity index (χ1) is 9.98. The smallest absolute Gasteiger partial charge is 0.122 e. The molecule has 5 heteroatoms. The Morgan fingerprint density at radius 3 is 2.10 bits per heavy atom. The second kappa shape index (κ2) is 6.64. The second-order valence-corrected chi connectivity index (χ2v) is 5.88. The van der Waals surface area contributed by atoms with Crippen molar-refractivity contribution in [3.05, 3.63) is 23.8 Å². The Hall–Kier alpha value is -1.30. The number of rotatable bonds is 5. The molecule has 0 radical (unpaired) electrons. The van der Waals surface area contributed by atoms with E-state index in [1.54, 1.807) is 14.2 Å². The highest BCUT2D eigenvalue weighted by molar-refractivity contribution is 5.40. The van der Waals surface area contributed by atoms with E-state index in [2.05, 4.69) is 18.7 Å². The van der Waals surface area contributed by atoms with E-state index in [0.717, 1.165) is 43.4 Å². The van der Waals surface area contributed by atoms with Crippen LogP contribution in [0.2, 0.25) is 0 Å². The van der Waals surface area contributed by atoms with Crippen LogP contribution in [-0.2, 0) is 4.74 Å². The Morgan fingerprint density at radius 2 is 1.62 bits per heavy atom. The van der Waals surface area contributed by atoms with Gasteiger partial charge in [-0.25, -0.2) is 0 Å². The molecular formula is C16H26N2O3. The Bertz CT molecular complexity index is 448. The van der Waals surface area contributed by atoms with Crippen molar-refractivity contribution in [3.63, 3.8) is 0 Å². The van der Waals surface area contributed by atoms with Crippen molar-refractivity contribution in [1.82, 2.24) is 4.90 Å². The number of methoxy groups -OCH3 is 2. The summed E-state index contributed by atoms with van der Waals surface area (Å²) in [5.41, 5.74) is 7.41. The number of nitrogens with zero attached hydrogens (tertiary/aromatic N) is 1. The van der Waals surface area contributed by atoms with Gasteiger partial charge < -0.3 is 19.9 Å². The van der Waals surface area contributed by atoms with E-state index in [9.17, 15) is 0 Å². The number of morpholine rings is 1. The molecule has 1 unspecified atom stereocenters. The Kier molecular flexibility index (Phi) is 5.08. The highest BCUT2D eigenvalue weighted by Gasteiger charge is 2.35. The highest BCUT2D eigenvalue weighted by Crippen LogP contribution is 2.33. The van der Waals surface area contributed by atoms with E-state index < -0.39 is 0 Å². The average Bonchev–Trinajstić information content (AvgIpc) is 2.54. The minimum Gasteiger partial charge on any atom is -0.497 e. The Morgan fingerprint density at radius 1 is 1.10 bits per heavy atom. The van der Waals surface area contributed by atoms with Crippen LogP contribution in [0.4, 0.5) is 0 Å². The van der Waals surface area contributed by atoms with Gasteiger partial charge in [0.25, 0.3) is 0 Å². The van der Waals surface area contributed by atoms with E-state index in [-0.39, 0.29) is 11.6 Å². The van der Waals surface area contributed by atoms with E-state index in [1.807, 2.05) is 18.2 Å². The van der Waals surface area contributed by atoms with Gasteiger partial charge in [-0.3, -0.25) is 4.90 Å². The maximum Gasteiger partial charge on any atom is 0.122 e. The minimum absolute atomic E-state index is 0.139. The molecule has 2 rings (SSSR count). The van der Waals surface area contributed by atoms with E-state index in [0.29, 0.717) is 0 Å². The van der Waals surface area contributed by atoms with Gasteiger partial charge in [-0.2, -0.15) is 0 Å². The van der Waals surface area contributed by atoms with Crippen molar-refractivity contribution in [2.75, 3.05) is 40.5 Å². The lowest BCUT2D eigenvalue weighted by Crippen LogP contribution is -2.55. The normalized spacial score (nSPS) is 18.3. The molecule has 0 aromatic heterocycles. The van der Waals surface area contributed by atoms with Crippen LogP contribution in [0.1, 0.15) is 25.5 Å². The van der Waals surface area contributed by atoms with Gasteiger partial charge in [-0.1, -0.05) is 0 Å². The van der Waals surface area contributed by atoms with Gasteiger partial charge in [-0.15, -0.1) is 0 Å². The summed E-state index contributed by atoms with van der Waals surface area (Å²) < 4.78 is 16.1. The molecule has 1 aromatic carbocycles. The number of benzene rings is 1. The predicted octanol–water partition coefficient (Wildman–Crippen LogP) is 1.81. The summed E-state index contributed by atoms with van der Waals surface area (Å²) in [5.74, 6) is 1.52. The molecule has 0 spiro atoms. The maximum atomic E-state index is 6.56. The van der Waals surface area contributed by atoms with E-state index in [4.69, 9.17) is 19.9 Å². The van der Waals surface area contributed by atoms with Gasteiger partial charge in [-0.05, 0) is 31.5 Å². The van der Waals surface area contributed by atoms with Gasteiger partial charge in [0, 0.05) is 30.7 Å². The largest absolute Gasteiger partial charge is 0.497 e. The topological polar surface area (TPSA) is 57.0 Å². The molecule has 21 heavy (non-hydrogen) atoms. The SMILES string of the molecule is COc1cc(OC)cc(C(N)C(C)(C)N2CCOCC2)c1. The molecule has 2 N–H and O–H groups in total. The molecule has 0 amide bonds. The molecule has 1 saturated heterocycles. The number of hydrogen-bond acceptors (Lipinski definition) is 5. The maximum absolute atomic E-state index is 6.56. The first-order valence-corrected chi connectivity index (χ1v) is 7.30. The van der Waals surface area contributed by atoms with Gasteiger partial charge >= 0.3 is 0 Å². The second-order valence-electron chi connectivity index (χ2n) is 5.88. The molecule has 0 saturated carbocycles. The molecule has 1 atom stereocenters. The highest BCUT2D eigenvalue weighted by atomic mass is 16.5. The molecule has 0 bridgehead atoms. The van der Waals surface area contributed by atoms with Crippen molar-refractivity contribution in [1.29, 1.82) is 0 Å². The van der Waals surface area contributed by atoms with Crippen LogP contribution in [0.5, 0.6) is 11.5 Å². The first-order valence-electron chi connectivity index (χ1n) is 7.30. The minimum atomic E-state index is -0.166. The molecule has 1 aliphatic heterocycles. The lowest BCUT2D eigenvalue weighted by Gasteiger charge is -2.44. The van der Waals surface area contributed by atoms with Gasteiger partial charge in [0.1, 0.15) is 11.5 Å². The van der Waals surface area contributed by atoms with E-state index >= 15 is 0 Å². The summed E-state index contributed by atoms with van der Waals surface area (Å²) in [6, 6.07) is 5.68.